The van der Waals surface area contributed by atoms with Crippen LogP contribution in [0.1, 0.15) is 108 Å². The molecule has 56 heavy (non-hydrogen) atoms. The predicted molar refractivity (Wildman–Crippen MR) is 206 cm³/mol. The Morgan fingerprint density at radius 2 is 1.77 bits per heavy atom. The number of ether oxygens (including phenoxy) is 4. The third-order valence-electron chi connectivity index (χ3n) is 12.4. The van der Waals surface area contributed by atoms with Crippen LogP contribution in [0.2, 0.25) is 0 Å². The van der Waals surface area contributed by atoms with Crippen molar-refractivity contribution in [1.82, 2.24) is 25.0 Å². The normalized spacial score (nSPS) is 36.4. The number of carbonyl (C=O) groups excluding carboxylic acids is 4. The molecule has 3 fully saturated rings. The SMILES string of the molecule is CC[C@H]1OC(=O)[C@@](C)(F)C(=O)[C@H](C)[C@@H](OC2O[C@H](C)C[C@H](C)[C@H]2C)C(C)(C)C[C@@H](C)C(=O)[C@H](C)[C@@H]2C1OC(=O)N2NCCC(C)n1cnc(-c2cccnc2)c1. The van der Waals surface area contributed by atoms with Crippen molar-refractivity contribution in [2.45, 2.75) is 150 Å². The maximum absolute atomic E-state index is 16.7. The van der Waals surface area contributed by atoms with E-state index in [4.69, 9.17) is 18.9 Å². The van der Waals surface area contributed by atoms with Crippen LogP contribution in [0.25, 0.3) is 11.3 Å². The number of esters is 1. The van der Waals surface area contributed by atoms with Crippen molar-refractivity contribution in [3.63, 3.8) is 0 Å². The molecule has 1 amide bonds. The fourth-order valence-electron chi connectivity index (χ4n) is 8.88. The van der Waals surface area contributed by atoms with Crippen LogP contribution < -0.4 is 5.43 Å². The van der Waals surface area contributed by atoms with E-state index < -0.39 is 77.3 Å². The Morgan fingerprint density at radius 3 is 2.43 bits per heavy atom. The Morgan fingerprint density at radius 1 is 1.05 bits per heavy atom. The molecule has 5 heterocycles. The fraction of sp³-hybridized carbons (Fsp3) is 0.714. The zero-order valence-electron chi connectivity index (χ0n) is 34.9. The average molecular weight is 784 g/mol. The maximum atomic E-state index is 16.7. The lowest BCUT2D eigenvalue weighted by molar-refractivity contribution is -0.267. The van der Waals surface area contributed by atoms with E-state index in [1.54, 1.807) is 39.5 Å². The van der Waals surface area contributed by atoms with Crippen LogP contribution in [0.3, 0.4) is 0 Å². The maximum Gasteiger partial charge on any atom is 0.425 e. The first-order valence-electron chi connectivity index (χ1n) is 20.2. The molecule has 0 bridgehead atoms. The smallest absolute Gasteiger partial charge is 0.425 e. The molecule has 0 spiro atoms. The largest absolute Gasteiger partial charge is 0.456 e. The number of Topliss-reactive ketones (excluding diaryl/α,β-unsaturated/α-hetero) is 2. The molecule has 3 unspecified atom stereocenters. The second-order valence-corrected chi connectivity index (χ2v) is 17.4. The third kappa shape index (κ3) is 9.02. The van der Waals surface area contributed by atoms with Crippen LogP contribution in [0.5, 0.6) is 0 Å². The number of cyclic esters (lactones) is 1. The summed E-state index contributed by atoms with van der Waals surface area (Å²) >= 11 is 0. The summed E-state index contributed by atoms with van der Waals surface area (Å²) in [5.74, 6) is -4.72. The molecule has 0 aliphatic carbocycles. The van der Waals surface area contributed by atoms with Crippen LogP contribution >= 0.6 is 0 Å². The molecular weight excluding hydrogens is 721 g/mol. The summed E-state index contributed by atoms with van der Waals surface area (Å²) in [4.78, 5) is 64.6. The molecule has 14 heteroatoms. The minimum absolute atomic E-state index is 0.0183. The van der Waals surface area contributed by atoms with Gasteiger partial charge in [-0.2, -0.15) is 0 Å². The molecule has 310 valence electrons. The Kier molecular flexibility index (Phi) is 13.5. The second-order valence-electron chi connectivity index (χ2n) is 17.4. The van der Waals surface area contributed by atoms with Gasteiger partial charge in [0.2, 0.25) is 0 Å². The van der Waals surface area contributed by atoms with Gasteiger partial charge in [-0.1, -0.05) is 55.4 Å². The number of ketones is 2. The van der Waals surface area contributed by atoms with Crippen molar-refractivity contribution in [2.75, 3.05) is 6.54 Å². The van der Waals surface area contributed by atoms with Gasteiger partial charge in [0.1, 0.15) is 17.9 Å². The van der Waals surface area contributed by atoms with E-state index in [0.717, 1.165) is 24.6 Å². The van der Waals surface area contributed by atoms with Gasteiger partial charge in [0.05, 0.1) is 24.2 Å². The van der Waals surface area contributed by atoms with Gasteiger partial charge in [-0.15, -0.1) is 0 Å². The van der Waals surface area contributed by atoms with E-state index in [9.17, 15) is 19.2 Å². The standard InChI is InChI=1S/C42H62FN5O8/c1-12-32-35-33(48(40(52)55-35)46-17-15-25(4)47-21-31(45-22-47)30-14-13-16-44-20-30)28(7)34(49)24(3)19-41(9,10)37(29(8)36(50)42(11,43)39(51)54-32)56-38-27(6)23(2)18-26(5)53-38/h13-14,16,20-29,32-33,35,37-38,46H,12,15,17-19H2,1-11H3/t23-,24+,25?,26+,27+,28+,29-,32+,33+,35?,37+,38?,42-/m0/s1. The number of hydrogen-bond acceptors (Lipinski definition) is 11. The monoisotopic (exact) mass is 783 g/mol. The molecule has 0 radical (unpaired) electrons. The number of rotatable bonds is 9. The molecule has 0 aromatic carbocycles. The average Bonchev–Trinajstić information content (AvgIpc) is 3.78. The summed E-state index contributed by atoms with van der Waals surface area (Å²) in [6, 6.07) is 2.86. The molecule has 3 aliphatic rings. The van der Waals surface area contributed by atoms with Gasteiger partial charge in [-0.05, 0) is 69.9 Å². The van der Waals surface area contributed by atoms with E-state index in [1.165, 1.54) is 5.01 Å². The van der Waals surface area contributed by atoms with Gasteiger partial charge < -0.3 is 23.5 Å². The van der Waals surface area contributed by atoms with Crippen molar-refractivity contribution in [1.29, 1.82) is 0 Å². The second kappa shape index (κ2) is 17.4. The lowest BCUT2D eigenvalue weighted by atomic mass is 9.69. The molecule has 13 atom stereocenters. The third-order valence-corrected chi connectivity index (χ3v) is 12.4. The van der Waals surface area contributed by atoms with Crippen molar-refractivity contribution < 1.29 is 42.5 Å². The summed E-state index contributed by atoms with van der Waals surface area (Å²) in [5, 5.41) is 1.31. The summed E-state index contributed by atoms with van der Waals surface area (Å²) in [6.45, 7) is 20.0. The van der Waals surface area contributed by atoms with Crippen molar-refractivity contribution in [3.8, 4) is 11.3 Å². The number of halogens is 1. The number of nitrogens with zero attached hydrogens (tertiary/aromatic N) is 4. The molecule has 3 saturated heterocycles. The highest BCUT2D eigenvalue weighted by Crippen LogP contribution is 2.43. The van der Waals surface area contributed by atoms with Gasteiger partial charge in [-0.25, -0.2) is 29.4 Å². The van der Waals surface area contributed by atoms with E-state index in [-0.39, 0.29) is 42.6 Å². The number of fused-ring (bicyclic) bond motifs is 1. The number of carbonyl (C=O) groups is 4. The first-order valence-corrected chi connectivity index (χ1v) is 20.2. The van der Waals surface area contributed by atoms with E-state index in [2.05, 4.69) is 22.3 Å². The van der Waals surface area contributed by atoms with Crippen LogP contribution in [-0.4, -0.2) is 92.1 Å². The van der Waals surface area contributed by atoms with E-state index in [0.29, 0.717) is 13.0 Å². The van der Waals surface area contributed by atoms with Gasteiger partial charge in [-0.3, -0.25) is 14.6 Å². The molecule has 2 aromatic heterocycles. The number of nitrogens with one attached hydrogen (secondary N) is 1. The highest BCUT2D eigenvalue weighted by molar-refractivity contribution is 6.07. The highest BCUT2D eigenvalue weighted by Gasteiger charge is 2.56. The number of hydrazine groups is 1. The topological polar surface area (TPSA) is 151 Å². The van der Waals surface area contributed by atoms with Gasteiger partial charge in [0.15, 0.2) is 18.2 Å². The van der Waals surface area contributed by atoms with Crippen LogP contribution in [0, 0.1) is 35.0 Å². The van der Waals surface area contributed by atoms with Crippen molar-refractivity contribution in [2.24, 2.45) is 35.0 Å². The summed E-state index contributed by atoms with van der Waals surface area (Å²) in [7, 11) is 0. The lowest BCUT2D eigenvalue weighted by Crippen LogP contribution is -2.57. The van der Waals surface area contributed by atoms with Crippen molar-refractivity contribution in [3.05, 3.63) is 37.1 Å². The molecule has 5 rings (SSSR count). The Balaban J connectivity index is 1.42. The zero-order chi connectivity index (χ0) is 41.3. The number of pyridine rings is 1. The molecular formula is C42H62FN5O8. The predicted octanol–water partition coefficient (Wildman–Crippen LogP) is 6.91. The van der Waals surface area contributed by atoms with E-state index in [1.807, 2.05) is 64.4 Å². The van der Waals surface area contributed by atoms with Crippen LogP contribution in [-0.2, 0) is 33.3 Å². The van der Waals surface area contributed by atoms with Crippen LogP contribution in [0.15, 0.2) is 37.1 Å². The Bertz CT molecular complexity index is 1700. The minimum Gasteiger partial charge on any atom is -0.456 e. The molecule has 1 N–H and O–H groups in total. The van der Waals surface area contributed by atoms with Crippen molar-refractivity contribution >= 4 is 23.6 Å². The first-order chi connectivity index (χ1) is 26.3. The summed E-state index contributed by atoms with van der Waals surface area (Å²) in [6.07, 6.45) is 4.27. The highest BCUT2D eigenvalue weighted by atomic mass is 19.1. The Labute approximate surface area is 330 Å². The Hall–Kier alpha value is -3.75. The number of amides is 1. The molecule has 2 aromatic rings. The molecule has 13 nitrogen and oxygen atoms in total. The molecule has 3 aliphatic heterocycles. The number of imidazole rings is 1. The van der Waals surface area contributed by atoms with Gasteiger partial charge in [0, 0.05) is 60.4 Å². The minimum atomic E-state index is -3.04. The van der Waals surface area contributed by atoms with Crippen LogP contribution in [0.4, 0.5) is 9.18 Å². The summed E-state index contributed by atoms with van der Waals surface area (Å²) in [5.41, 5.74) is 0.962. The lowest BCUT2D eigenvalue weighted by Gasteiger charge is -2.46. The molecule has 0 saturated carbocycles. The van der Waals surface area contributed by atoms with Gasteiger partial charge >= 0.3 is 12.1 Å². The van der Waals surface area contributed by atoms with Gasteiger partial charge in [0.25, 0.3) is 5.67 Å². The number of hydrogen-bond donors (Lipinski definition) is 1. The van der Waals surface area contributed by atoms with E-state index >= 15 is 4.39 Å². The quantitative estimate of drug-likeness (QED) is 0.209. The fourth-order valence-corrected chi connectivity index (χ4v) is 8.88. The zero-order valence-corrected chi connectivity index (χ0v) is 34.9. The number of alkyl halides is 1. The summed E-state index contributed by atoms with van der Waals surface area (Å²) < 4.78 is 43.2. The first kappa shape index (κ1) is 43.4. The number of aromatic nitrogens is 3.